The highest BCUT2D eigenvalue weighted by Gasteiger charge is 2.30. The predicted octanol–water partition coefficient (Wildman–Crippen LogP) is 5.23. The Kier molecular flexibility index (Phi) is 6.26. The number of fused-ring (bicyclic) bond motifs is 3. The van der Waals surface area contributed by atoms with Gasteiger partial charge in [-0.25, -0.2) is 9.59 Å². The van der Waals surface area contributed by atoms with E-state index in [0.29, 0.717) is 5.56 Å². The zero-order valence-electron chi connectivity index (χ0n) is 16.7. The van der Waals surface area contributed by atoms with Crippen molar-refractivity contribution in [3.05, 3.63) is 87.4 Å². The molecule has 3 aromatic carbocycles. The summed E-state index contributed by atoms with van der Waals surface area (Å²) in [7, 11) is 0. The Bertz CT molecular complexity index is 1130. The maximum Gasteiger partial charge on any atom is 0.407 e. The number of phenolic OH excluding ortho intramolecular Hbond substituents is 1. The average molecular weight is 472 g/mol. The van der Waals surface area contributed by atoms with Crippen LogP contribution in [0.3, 0.4) is 0 Å². The molecule has 0 aliphatic heterocycles. The van der Waals surface area contributed by atoms with Crippen molar-refractivity contribution >= 4 is 35.3 Å². The number of amides is 1. The van der Waals surface area contributed by atoms with Gasteiger partial charge in [-0.1, -0.05) is 71.7 Å². The highest BCUT2D eigenvalue weighted by molar-refractivity contribution is 6.37. The van der Waals surface area contributed by atoms with Crippen LogP contribution >= 0.6 is 23.2 Å². The van der Waals surface area contributed by atoms with Gasteiger partial charge >= 0.3 is 12.1 Å². The van der Waals surface area contributed by atoms with Gasteiger partial charge in [0.15, 0.2) is 5.75 Å². The highest BCUT2D eigenvalue weighted by Crippen LogP contribution is 2.44. The molecule has 3 aromatic rings. The van der Waals surface area contributed by atoms with Gasteiger partial charge in [-0.2, -0.15) is 0 Å². The van der Waals surface area contributed by atoms with Crippen LogP contribution in [0.15, 0.2) is 60.7 Å². The van der Waals surface area contributed by atoms with Gasteiger partial charge in [0.05, 0.1) is 10.0 Å². The van der Waals surface area contributed by atoms with Crippen molar-refractivity contribution in [2.45, 2.75) is 18.4 Å². The van der Waals surface area contributed by atoms with Crippen LogP contribution < -0.4 is 5.32 Å². The summed E-state index contributed by atoms with van der Waals surface area (Å²) in [6.45, 7) is 0.0725. The lowest BCUT2D eigenvalue weighted by Crippen LogP contribution is -2.42. The summed E-state index contributed by atoms with van der Waals surface area (Å²) in [4.78, 5) is 24.1. The average Bonchev–Trinajstić information content (AvgIpc) is 3.09. The number of carbonyl (C=O) groups excluding carboxylic acids is 1. The number of ether oxygens (including phenoxy) is 1. The van der Waals surface area contributed by atoms with E-state index < -0.39 is 18.1 Å². The zero-order valence-corrected chi connectivity index (χ0v) is 18.2. The molecule has 0 fully saturated rings. The number of carboxylic acids is 1. The molecule has 3 N–H and O–H groups in total. The van der Waals surface area contributed by atoms with E-state index in [1.807, 2.05) is 48.5 Å². The van der Waals surface area contributed by atoms with E-state index in [1.165, 1.54) is 12.1 Å². The molecular weight excluding hydrogens is 453 g/mol. The van der Waals surface area contributed by atoms with E-state index in [9.17, 15) is 19.8 Å². The number of hydrogen-bond acceptors (Lipinski definition) is 4. The van der Waals surface area contributed by atoms with Crippen LogP contribution in [0.25, 0.3) is 11.1 Å². The molecule has 0 heterocycles. The number of hydrogen-bond donors (Lipinski definition) is 3. The Morgan fingerprint density at radius 3 is 2.03 bits per heavy atom. The largest absolute Gasteiger partial charge is 0.505 e. The first-order chi connectivity index (χ1) is 15.3. The van der Waals surface area contributed by atoms with Crippen LogP contribution in [-0.2, 0) is 16.0 Å². The van der Waals surface area contributed by atoms with Gasteiger partial charge in [0.1, 0.15) is 12.6 Å². The number of alkyl carbamates (subject to hydrolysis) is 1. The Labute approximate surface area is 194 Å². The zero-order chi connectivity index (χ0) is 22.8. The van der Waals surface area contributed by atoms with Gasteiger partial charge in [-0.15, -0.1) is 0 Å². The molecule has 0 bridgehead atoms. The van der Waals surface area contributed by atoms with Gasteiger partial charge in [-0.3, -0.25) is 0 Å². The summed E-state index contributed by atoms with van der Waals surface area (Å²) >= 11 is 11.8. The van der Waals surface area contributed by atoms with E-state index in [2.05, 4.69) is 5.32 Å². The van der Waals surface area contributed by atoms with Crippen molar-refractivity contribution in [2.24, 2.45) is 0 Å². The minimum atomic E-state index is -1.26. The standard InChI is InChI=1S/C24H19Cl2NO5/c25-19-9-13(10-20(26)22(19)28)11-21(23(29)30)27-24(31)32-12-18-16-7-3-1-5-14(16)15-6-2-4-8-17(15)18/h1-10,18,21,28H,11-12H2,(H,27,31)(H,29,30)/t21-/m0/s1. The predicted molar refractivity (Wildman–Crippen MR) is 121 cm³/mol. The first-order valence-electron chi connectivity index (χ1n) is 9.86. The molecule has 1 aliphatic rings. The third-order valence-electron chi connectivity index (χ3n) is 5.45. The monoisotopic (exact) mass is 471 g/mol. The van der Waals surface area contributed by atoms with Crippen molar-refractivity contribution in [3.63, 3.8) is 0 Å². The maximum atomic E-state index is 12.4. The smallest absolute Gasteiger partial charge is 0.407 e. The summed E-state index contributed by atoms with van der Waals surface area (Å²) in [5.41, 5.74) is 4.77. The van der Waals surface area contributed by atoms with Crippen LogP contribution in [0.4, 0.5) is 4.79 Å². The van der Waals surface area contributed by atoms with Gasteiger partial charge in [0.2, 0.25) is 0 Å². The van der Waals surface area contributed by atoms with Crippen LogP contribution in [0.2, 0.25) is 10.0 Å². The van der Waals surface area contributed by atoms with Gasteiger partial charge < -0.3 is 20.3 Å². The molecule has 32 heavy (non-hydrogen) atoms. The molecule has 0 unspecified atom stereocenters. The second-order valence-corrected chi connectivity index (χ2v) is 8.29. The maximum absolute atomic E-state index is 12.4. The van der Waals surface area contributed by atoms with Crippen LogP contribution in [0.1, 0.15) is 22.6 Å². The number of benzene rings is 3. The molecule has 0 aromatic heterocycles. The van der Waals surface area contributed by atoms with Crippen molar-refractivity contribution in [3.8, 4) is 16.9 Å². The Morgan fingerprint density at radius 1 is 0.969 bits per heavy atom. The molecule has 0 saturated carbocycles. The van der Waals surface area contributed by atoms with Crippen molar-refractivity contribution in [1.29, 1.82) is 0 Å². The van der Waals surface area contributed by atoms with Crippen LogP contribution in [0, 0.1) is 0 Å². The number of halogens is 2. The Balaban J connectivity index is 1.44. The second-order valence-electron chi connectivity index (χ2n) is 7.47. The molecule has 0 spiro atoms. The number of carbonyl (C=O) groups is 2. The molecule has 164 valence electrons. The Hall–Kier alpha value is -3.22. The minimum absolute atomic E-state index is 0.00206. The Morgan fingerprint density at radius 2 is 1.50 bits per heavy atom. The molecule has 1 atom stereocenters. The molecule has 4 rings (SSSR count). The summed E-state index contributed by atoms with van der Waals surface area (Å²) in [6, 6.07) is 17.4. The lowest BCUT2D eigenvalue weighted by molar-refractivity contribution is -0.139. The highest BCUT2D eigenvalue weighted by atomic mass is 35.5. The van der Waals surface area contributed by atoms with Crippen molar-refractivity contribution in [2.75, 3.05) is 6.61 Å². The fourth-order valence-electron chi connectivity index (χ4n) is 3.95. The van der Waals surface area contributed by atoms with E-state index in [1.54, 1.807) is 0 Å². The fraction of sp³-hybridized carbons (Fsp3) is 0.167. The molecule has 1 aliphatic carbocycles. The lowest BCUT2D eigenvalue weighted by Gasteiger charge is -2.18. The lowest BCUT2D eigenvalue weighted by atomic mass is 9.98. The molecule has 6 nitrogen and oxygen atoms in total. The van der Waals surface area contributed by atoms with Gasteiger partial charge in [0.25, 0.3) is 0 Å². The van der Waals surface area contributed by atoms with Gasteiger partial charge in [0, 0.05) is 12.3 Å². The molecule has 0 saturated heterocycles. The SMILES string of the molecule is O=C(N[C@@H](Cc1cc(Cl)c(O)c(Cl)c1)C(=O)O)OCC1c2ccccc2-c2ccccc21. The number of aliphatic carboxylic acids is 1. The van der Waals surface area contributed by atoms with Crippen LogP contribution in [0.5, 0.6) is 5.75 Å². The van der Waals surface area contributed by atoms with E-state index in [0.717, 1.165) is 22.3 Å². The first kappa shape index (κ1) is 22.0. The van der Waals surface area contributed by atoms with Crippen molar-refractivity contribution in [1.82, 2.24) is 5.32 Å². The third-order valence-corrected chi connectivity index (χ3v) is 6.03. The summed E-state index contributed by atoms with van der Waals surface area (Å²) < 4.78 is 5.42. The molecular formula is C24H19Cl2NO5. The van der Waals surface area contributed by atoms with E-state index in [4.69, 9.17) is 27.9 Å². The second kappa shape index (κ2) is 9.10. The number of rotatable bonds is 6. The number of aromatic hydroxyl groups is 1. The molecule has 1 amide bonds. The topological polar surface area (TPSA) is 95.9 Å². The summed E-state index contributed by atoms with van der Waals surface area (Å²) in [6.07, 6.45) is -0.922. The summed E-state index contributed by atoms with van der Waals surface area (Å²) in [5, 5.41) is 21.6. The number of nitrogens with one attached hydrogen (secondary N) is 1. The van der Waals surface area contributed by atoms with E-state index >= 15 is 0 Å². The fourth-order valence-corrected chi connectivity index (χ4v) is 4.49. The molecule has 0 radical (unpaired) electrons. The van der Waals surface area contributed by atoms with Crippen LogP contribution in [-0.4, -0.2) is 34.9 Å². The summed E-state index contributed by atoms with van der Waals surface area (Å²) in [5.74, 6) is -1.65. The number of carboxylic acid groups (broad SMARTS) is 1. The van der Waals surface area contributed by atoms with Crippen molar-refractivity contribution < 1.29 is 24.5 Å². The molecule has 8 heteroatoms. The quantitative estimate of drug-likeness (QED) is 0.457. The van der Waals surface area contributed by atoms with Gasteiger partial charge in [-0.05, 0) is 39.9 Å². The normalized spacial score (nSPS) is 13.2. The minimum Gasteiger partial charge on any atom is -0.505 e. The van der Waals surface area contributed by atoms with E-state index in [-0.39, 0.29) is 34.7 Å². The third kappa shape index (κ3) is 4.38. The number of phenols is 1. The first-order valence-corrected chi connectivity index (χ1v) is 10.6.